The molecule has 19 heavy (non-hydrogen) atoms. The fourth-order valence-electron chi connectivity index (χ4n) is 1.68. The van der Waals surface area contributed by atoms with Gasteiger partial charge < -0.3 is 10.1 Å². The molecule has 0 fully saturated rings. The normalized spacial score (nSPS) is 12.8. The molecule has 1 aromatic rings. The second-order valence-corrected chi connectivity index (χ2v) is 7.06. The zero-order chi connectivity index (χ0) is 14.3. The Morgan fingerprint density at radius 1 is 1.32 bits per heavy atom. The highest BCUT2D eigenvalue weighted by atomic mass is 79.9. The highest BCUT2D eigenvalue weighted by molar-refractivity contribution is 9.09. The van der Waals surface area contributed by atoms with Gasteiger partial charge in [0, 0.05) is 11.4 Å². The Hall–Kier alpha value is -1.03. The van der Waals surface area contributed by atoms with E-state index in [0.717, 1.165) is 6.42 Å². The summed E-state index contributed by atoms with van der Waals surface area (Å²) in [7, 11) is 0. The molecule has 1 atom stereocenters. The topological polar surface area (TPSA) is 38.3 Å². The van der Waals surface area contributed by atoms with Gasteiger partial charge in [-0.1, -0.05) is 54.9 Å². The molecule has 0 bridgehead atoms. The molecule has 1 aromatic carbocycles. The van der Waals surface area contributed by atoms with Crippen molar-refractivity contribution < 1.29 is 9.53 Å². The Morgan fingerprint density at radius 2 is 1.95 bits per heavy atom. The van der Waals surface area contributed by atoms with Crippen molar-refractivity contribution in [1.82, 2.24) is 5.32 Å². The standard InChI is InChI=1S/C15H22BrNO2/c1-15(2,3)9-12(16)10-17-14(18)11-19-13-7-5-4-6-8-13/h4-8,12H,9-11H2,1-3H3,(H,17,18). The molecule has 0 aliphatic carbocycles. The minimum absolute atomic E-state index is 0.0548. The number of para-hydroxylation sites is 1. The van der Waals surface area contributed by atoms with Crippen molar-refractivity contribution in [1.29, 1.82) is 0 Å². The molecule has 0 saturated heterocycles. The number of halogens is 1. The molecule has 1 unspecified atom stereocenters. The molecule has 1 amide bonds. The van der Waals surface area contributed by atoms with Crippen LogP contribution in [0, 0.1) is 5.41 Å². The lowest BCUT2D eigenvalue weighted by atomic mass is 9.90. The van der Waals surface area contributed by atoms with E-state index >= 15 is 0 Å². The lowest BCUT2D eigenvalue weighted by molar-refractivity contribution is -0.123. The highest BCUT2D eigenvalue weighted by Gasteiger charge is 2.17. The molecular weight excluding hydrogens is 306 g/mol. The van der Waals surface area contributed by atoms with Crippen LogP contribution < -0.4 is 10.1 Å². The number of carbonyl (C=O) groups excluding carboxylic acids is 1. The Balaban J connectivity index is 2.21. The second-order valence-electron chi connectivity index (χ2n) is 5.77. The smallest absolute Gasteiger partial charge is 0.257 e. The zero-order valence-electron chi connectivity index (χ0n) is 11.8. The van der Waals surface area contributed by atoms with Crippen LogP contribution in [0.25, 0.3) is 0 Å². The SMILES string of the molecule is CC(C)(C)CC(Br)CNC(=O)COc1ccccc1. The van der Waals surface area contributed by atoms with Crippen LogP contribution in [-0.4, -0.2) is 23.9 Å². The fraction of sp³-hybridized carbons (Fsp3) is 0.533. The number of nitrogens with one attached hydrogen (secondary N) is 1. The number of carbonyl (C=O) groups is 1. The summed E-state index contributed by atoms with van der Waals surface area (Å²) in [5, 5.41) is 2.86. The van der Waals surface area contributed by atoms with Crippen molar-refractivity contribution in [2.75, 3.05) is 13.2 Å². The molecule has 0 heterocycles. The molecule has 1 N–H and O–H groups in total. The van der Waals surface area contributed by atoms with Crippen molar-refractivity contribution in [2.24, 2.45) is 5.41 Å². The molecule has 3 nitrogen and oxygen atoms in total. The first-order valence-corrected chi connectivity index (χ1v) is 7.37. The van der Waals surface area contributed by atoms with Crippen LogP contribution in [0.15, 0.2) is 30.3 Å². The number of alkyl halides is 1. The van der Waals surface area contributed by atoms with Gasteiger partial charge in [-0.25, -0.2) is 0 Å². The predicted molar refractivity (Wildman–Crippen MR) is 81.7 cm³/mol. The Kier molecular flexibility index (Phi) is 6.35. The summed E-state index contributed by atoms with van der Waals surface area (Å²) in [6.07, 6.45) is 1.01. The van der Waals surface area contributed by atoms with Gasteiger partial charge in [-0.15, -0.1) is 0 Å². The minimum atomic E-state index is -0.0952. The lowest BCUT2D eigenvalue weighted by Gasteiger charge is -2.22. The van der Waals surface area contributed by atoms with Gasteiger partial charge in [0.05, 0.1) is 0 Å². The van der Waals surface area contributed by atoms with Crippen LogP contribution in [0.2, 0.25) is 0 Å². The molecule has 0 aromatic heterocycles. The number of ether oxygens (including phenoxy) is 1. The lowest BCUT2D eigenvalue weighted by Crippen LogP contribution is -2.34. The first-order valence-electron chi connectivity index (χ1n) is 6.45. The molecule has 0 radical (unpaired) electrons. The third kappa shape index (κ3) is 7.88. The van der Waals surface area contributed by atoms with Gasteiger partial charge in [0.2, 0.25) is 0 Å². The van der Waals surface area contributed by atoms with Crippen molar-refractivity contribution >= 4 is 21.8 Å². The van der Waals surface area contributed by atoms with E-state index in [9.17, 15) is 4.79 Å². The largest absolute Gasteiger partial charge is 0.484 e. The molecule has 4 heteroatoms. The van der Waals surface area contributed by atoms with Crippen molar-refractivity contribution in [3.05, 3.63) is 30.3 Å². The van der Waals surface area contributed by atoms with E-state index in [1.165, 1.54) is 0 Å². The third-order valence-electron chi connectivity index (χ3n) is 2.47. The summed E-state index contributed by atoms with van der Waals surface area (Å²) in [5.74, 6) is 0.616. The number of rotatable bonds is 6. The van der Waals surface area contributed by atoms with E-state index in [2.05, 4.69) is 42.0 Å². The van der Waals surface area contributed by atoms with Crippen LogP contribution in [0.1, 0.15) is 27.2 Å². The maximum atomic E-state index is 11.6. The van der Waals surface area contributed by atoms with Crippen LogP contribution in [-0.2, 0) is 4.79 Å². The van der Waals surface area contributed by atoms with Crippen molar-refractivity contribution in [2.45, 2.75) is 32.0 Å². The molecule has 106 valence electrons. The first-order chi connectivity index (χ1) is 8.87. The number of hydrogen-bond donors (Lipinski definition) is 1. The Morgan fingerprint density at radius 3 is 2.53 bits per heavy atom. The predicted octanol–water partition coefficient (Wildman–Crippen LogP) is 3.38. The number of amides is 1. The Labute approximate surface area is 123 Å². The van der Waals surface area contributed by atoms with E-state index in [1.54, 1.807) is 0 Å². The quantitative estimate of drug-likeness (QED) is 0.813. The highest BCUT2D eigenvalue weighted by Crippen LogP contribution is 2.24. The summed E-state index contributed by atoms with van der Waals surface area (Å²) >= 11 is 3.58. The summed E-state index contributed by atoms with van der Waals surface area (Å²) in [6.45, 7) is 7.22. The summed E-state index contributed by atoms with van der Waals surface area (Å²) in [5.41, 5.74) is 0.249. The van der Waals surface area contributed by atoms with Crippen molar-refractivity contribution in [3.8, 4) is 5.75 Å². The maximum absolute atomic E-state index is 11.6. The summed E-state index contributed by atoms with van der Waals surface area (Å²) in [4.78, 5) is 11.9. The molecule has 0 spiro atoms. The third-order valence-corrected chi connectivity index (χ3v) is 3.12. The van der Waals surface area contributed by atoms with Gasteiger partial charge in [0.1, 0.15) is 5.75 Å². The van der Waals surface area contributed by atoms with Gasteiger partial charge in [0.25, 0.3) is 5.91 Å². The van der Waals surface area contributed by atoms with Gasteiger partial charge >= 0.3 is 0 Å². The molecule has 0 aliphatic heterocycles. The first kappa shape index (κ1) is 16.0. The fourth-order valence-corrected chi connectivity index (χ4v) is 2.81. The van der Waals surface area contributed by atoms with Crippen LogP contribution in [0.4, 0.5) is 0 Å². The van der Waals surface area contributed by atoms with Gasteiger partial charge in [0.15, 0.2) is 6.61 Å². The van der Waals surface area contributed by atoms with E-state index in [4.69, 9.17) is 4.74 Å². The second kappa shape index (κ2) is 7.53. The van der Waals surface area contributed by atoms with Crippen LogP contribution in [0.3, 0.4) is 0 Å². The summed E-state index contributed by atoms with van der Waals surface area (Å²) < 4.78 is 5.37. The van der Waals surface area contributed by atoms with Gasteiger partial charge in [-0.2, -0.15) is 0 Å². The van der Waals surface area contributed by atoms with Crippen LogP contribution >= 0.6 is 15.9 Å². The molecule has 1 rings (SSSR count). The van der Waals surface area contributed by atoms with E-state index in [-0.39, 0.29) is 22.8 Å². The minimum Gasteiger partial charge on any atom is -0.484 e. The van der Waals surface area contributed by atoms with Gasteiger partial charge in [-0.05, 0) is 24.0 Å². The zero-order valence-corrected chi connectivity index (χ0v) is 13.4. The summed E-state index contributed by atoms with van der Waals surface area (Å²) in [6, 6.07) is 9.34. The molecular formula is C15H22BrNO2. The van der Waals surface area contributed by atoms with Crippen LogP contribution in [0.5, 0.6) is 5.75 Å². The van der Waals surface area contributed by atoms with E-state index < -0.39 is 0 Å². The number of hydrogen-bond acceptors (Lipinski definition) is 2. The average molecular weight is 328 g/mol. The molecule has 0 saturated carbocycles. The number of benzene rings is 1. The monoisotopic (exact) mass is 327 g/mol. The van der Waals surface area contributed by atoms with Gasteiger partial charge in [-0.3, -0.25) is 4.79 Å². The van der Waals surface area contributed by atoms with E-state index in [0.29, 0.717) is 12.3 Å². The maximum Gasteiger partial charge on any atom is 0.257 e. The Bertz CT molecular complexity index is 387. The molecule has 0 aliphatic rings. The average Bonchev–Trinajstić information content (AvgIpc) is 2.33. The van der Waals surface area contributed by atoms with E-state index in [1.807, 2.05) is 30.3 Å². The van der Waals surface area contributed by atoms with Crippen molar-refractivity contribution in [3.63, 3.8) is 0 Å².